The highest BCUT2D eigenvalue weighted by Gasteiger charge is 2.03. The van der Waals surface area contributed by atoms with Crippen LogP contribution in [0.5, 0.6) is 0 Å². The minimum atomic E-state index is 0.000519. The van der Waals surface area contributed by atoms with E-state index in [0.29, 0.717) is 6.54 Å². The zero-order valence-electron chi connectivity index (χ0n) is 9.82. The molecule has 0 aliphatic heterocycles. The molecule has 2 aromatic rings. The summed E-state index contributed by atoms with van der Waals surface area (Å²) in [5.74, 6) is 0.000519. The van der Waals surface area contributed by atoms with Gasteiger partial charge in [0.2, 0.25) is 5.91 Å². The van der Waals surface area contributed by atoms with Crippen molar-refractivity contribution >= 4 is 16.9 Å². The van der Waals surface area contributed by atoms with Crippen LogP contribution in [0.25, 0.3) is 11.0 Å². The van der Waals surface area contributed by atoms with E-state index in [9.17, 15) is 4.79 Å². The summed E-state index contributed by atoms with van der Waals surface area (Å²) in [5.41, 5.74) is 2.05. The number of hydrogen-bond donors (Lipinski definition) is 2. The maximum absolute atomic E-state index is 10.7. The van der Waals surface area contributed by atoms with E-state index in [1.807, 2.05) is 24.3 Å². The first-order valence-corrected chi connectivity index (χ1v) is 5.67. The minimum absolute atomic E-state index is 0.000519. The maximum atomic E-state index is 10.7. The number of para-hydroxylation sites is 1. The molecule has 1 aromatic heterocycles. The zero-order chi connectivity index (χ0) is 12.1. The van der Waals surface area contributed by atoms with Crippen LogP contribution >= 0.6 is 0 Å². The molecule has 1 heterocycles. The van der Waals surface area contributed by atoms with Crippen LogP contribution in [-0.2, 0) is 11.3 Å². The van der Waals surface area contributed by atoms with Gasteiger partial charge in [0.1, 0.15) is 5.58 Å². The summed E-state index contributed by atoms with van der Waals surface area (Å²) in [6.07, 6.45) is 1.77. The number of amides is 1. The molecule has 0 saturated carbocycles. The summed E-state index contributed by atoms with van der Waals surface area (Å²) in [7, 11) is 0. The predicted octanol–water partition coefficient (Wildman–Crippen LogP) is 1.66. The fourth-order valence-electron chi connectivity index (χ4n) is 1.72. The molecule has 2 N–H and O–H groups in total. The number of rotatable bonds is 5. The van der Waals surface area contributed by atoms with Crippen LogP contribution in [0.4, 0.5) is 0 Å². The topological polar surface area (TPSA) is 54.3 Å². The van der Waals surface area contributed by atoms with Gasteiger partial charge in [0.25, 0.3) is 0 Å². The van der Waals surface area contributed by atoms with Gasteiger partial charge in [-0.15, -0.1) is 0 Å². The van der Waals surface area contributed by atoms with Gasteiger partial charge in [-0.3, -0.25) is 4.79 Å². The summed E-state index contributed by atoms with van der Waals surface area (Å²) >= 11 is 0. The second kappa shape index (κ2) is 5.50. The molecule has 0 atom stereocenters. The third-order valence-corrected chi connectivity index (χ3v) is 2.55. The summed E-state index contributed by atoms with van der Waals surface area (Å²) in [6.45, 7) is 3.66. The zero-order valence-corrected chi connectivity index (χ0v) is 9.82. The molecule has 1 aromatic carbocycles. The lowest BCUT2D eigenvalue weighted by Gasteiger charge is -2.03. The molecular weight excluding hydrogens is 216 g/mol. The van der Waals surface area contributed by atoms with Crippen molar-refractivity contribution in [3.05, 3.63) is 36.1 Å². The molecule has 0 spiro atoms. The Morgan fingerprint density at radius 1 is 1.29 bits per heavy atom. The van der Waals surface area contributed by atoms with Crippen molar-refractivity contribution in [3.8, 4) is 0 Å². The van der Waals surface area contributed by atoms with Gasteiger partial charge in [-0.2, -0.15) is 0 Å². The number of benzene rings is 1. The molecule has 0 saturated heterocycles. The largest absolute Gasteiger partial charge is 0.464 e. The van der Waals surface area contributed by atoms with Gasteiger partial charge in [0.15, 0.2) is 0 Å². The Labute approximate surface area is 100.0 Å². The van der Waals surface area contributed by atoms with Crippen molar-refractivity contribution in [2.45, 2.75) is 13.5 Å². The fraction of sp³-hybridized carbons (Fsp3) is 0.308. The van der Waals surface area contributed by atoms with Gasteiger partial charge in [-0.25, -0.2) is 0 Å². The Kier molecular flexibility index (Phi) is 3.77. The van der Waals surface area contributed by atoms with Crippen molar-refractivity contribution in [2.24, 2.45) is 0 Å². The number of carbonyl (C=O) groups is 1. The van der Waals surface area contributed by atoms with Gasteiger partial charge in [-0.1, -0.05) is 18.2 Å². The Morgan fingerprint density at radius 3 is 2.94 bits per heavy atom. The molecule has 0 aliphatic rings. The molecule has 17 heavy (non-hydrogen) atoms. The van der Waals surface area contributed by atoms with E-state index in [4.69, 9.17) is 4.42 Å². The van der Waals surface area contributed by atoms with E-state index in [1.54, 1.807) is 6.26 Å². The standard InChI is InChI=1S/C13H16N2O2/c1-10(16)15-7-6-14-8-11-9-17-13-5-3-2-4-12(11)13/h2-5,9,14H,6-8H2,1H3,(H,15,16). The minimum Gasteiger partial charge on any atom is -0.464 e. The Morgan fingerprint density at radius 2 is 2.12 bits per heavy atom. The quantitative estimate of drug-likeness (QED) is 0.771. The normalized spacial score (nSPS) is 10.6. The van der Waals surface area contributed by atoms with Crippen LogP contribution in [0.15, 0.2) is 34.9 Å². The number of nitrogens with one attached hydrogen (secondary N) is 2. The van der Waals surface area contributed by atoms with Crippen molar-refractivity contribution in [1.82, 2.24) is 10.6 Å². The van der Waals surface area contributed by atoms with Crippen LogP contribution in [0.1, 0.15) is 12.5 Å². The SMILES string of the molecule is CC(=O)NCCNCc1coc2ccccc12. The molecule has 0 bridgehead atoms. The van der Waals surface area contributed by atoms with Gasteiger partial charge in [0.05, 0.1) is 6.26 Å². The first-order valence-electron chi connectivity index (χ1n) is 5.67. The molecule has 1 amide bonds. The molecule has 0 unspecified atom stereocenters. The molecule has 2 rings (SSSR count). The molecule has 0 fully saturated rings. The highest BCUT2D eigenvalue weighted by atomic mass is 16.3. The van der Waals surface area contributed by atoms with E-state index in [2.05, 4.69) is 10.6 Å². The molecule has 4 heteroatoms. The molecule has 4 nitrogen and oxygen atoms in total. The summed E-state index contributed by atoms with van der Waals surface area (Å²) < 4.78 is 5.43. The Hall–Kier alpha value is -1.81. The monoisotopic (exact) mass is 232 g/mol. The lowest BCUT2D eigenvalue weighted by molar-refractivity contribution is -0.118. The molecular formula is C13H16N2O2. The predicted molar refractivity (Wildman–Crippen MR) is 66.6 cm³/mol. The summed E-state index contributed by atoms with van der Waals surface area (Å²) in [4.78, 5) is 10.7. The van der Waals surface area contributed by atoms with Crippen molar-refractivity contribution in [1.29, 1.82) is 0 Å². The van der Waals surface area contributed by atoms with E-state index in [-0.39, 0.29) is 5.91 Å². The molecule has 0 radical (unpaired) electrons. The second-order valence-corrected chi connectivity index (χ2v) is 3.92. The molecule has 90 valence electrons. The van der Waals surface area contributed by atoms with E-state index in [0.717, 1.165) is 29.6 Å². The van der Waals surface area contributed by atoms with Crippen molar-refractivity contribution < 1.29 is 9.21 Å². The Balaban J connectivity index is 1.85. The maximum Gasteiger partial charge on any atom is 0.216 e. The first-order chi connectivity index (χ1) is 8.27. The smallest absolute Gasteiger partial charge is 0.216 e. The van der Waals surface area contributed by atoms with Crippen LogP contribution in [0, 0.1) is 0 Å². The van der Waals surface area contributed by atoms with Gasteiger partial charge >= 0.3 is 0 Å². The average Bonchev–Trinajstić information content (AvgIpc) is 2.72. The second-order valence-electron chi connectivity index (χ2n) is 3.92. The fourth-order valence-corrected chi connectivity index (χ4v) is 1.72. The number of fused-ring (bicyclic) bond motifs is 1. The number of furan rings is 1. The molecule has 0 aliphatic carbocycles. The first kappa shape index (κ1) is 11.7. The van der Waals surface area contributed by atoms with Crippen molar-refractivity contribution in [3.63, 3.8) is 0 Å². The van der Waals surface area contributed by atoms with Crippen LogP contribution < -0.4 is 10.6 Å². The van der Waals surface area contributed by atoms with Crippen LogP contribution in [0.2, 0.25) is 0 Å². The van der Waals surface area contributed by atoms with Gasteiger partial charge in [0, 0.05) is 37.5 Å². The van der Waals surface area contributed by atoms with E-state index >= 15 is 0 Å². The van der Waals surface area contributed by atoms with Crippen LogP contribution in [-0.4, -0.2) is 19.0 Å². The number of carbonyl (C=O) groups excluding carboxylic acids is 1. The summed E-state index contributed by atoms with van der Waals surface area (Å²) in [6, 6.07) is 7.96. The summed E-state index contributed by atoms with van der Waals surface area (Å²) in [5, 5.41) is 7.14. The van der Waals surface area contributed by atoms with Gasteiger partial charge in [-0.05, 0) is 6.07 Å². The number of hydrogen-bond acceptors (Lipinski definition) is 3. The van der Waals surface area contributed by atoms with Crippen molar-refractivity contribution in [2.75, 3.05) is 13.1 Å². The highest BCUT2D eigenvalue weighted by Crippen LogP contribution is 2.20. The lowest BCUT2D eigenvalue weighted by atomic mass is 10.2. The lowest BCUT2D eigenvalue weighted by Crippen LogP contribution is -2.29. The Bertz CT molecular complexity index is 505. The average molecular weight is 232 g/mol. The third kappa shape index (κ3) is 3.07. The van der Waals surface area contributed by atoms with E-state index < -0.39 is 0 Å². The van der Waals surface area contributed by atoms with Gasteiger partial charge < -0.3 is 15.1 Å². The van der Waals surface area contributed by atoms with E-state index in [1.165, 1.54) is 6.92 Å². The van der Waals surface area contributed by atoms with Crippen LogP contribution in [0.3, 0.4) is 0 Å². The highest BCUT2D eigenvalue weighted by molar-refractivity contribution is 5.80. The third-order valence-electron chi connectivity index (χ3n) is 2.55.